The third-order valence-electron chi connectivity index (χ3n) is 5.25. The number of likely N-dealkylation sites (tertiary alicyclic amines) is 1. The van der Waals surface area contributed by atoms with Gasteiger partial charge in [0.25, 0.3) is 5.91 Å². The van der Waals surface area contributed by atoms with Gasteiger partial charge in [0.05, 0.1) is 0 Å². The van der Waals surface area contributed by atoms with Gasteiger partial charge in [0.1, 0.15) is 11.3 Å². The van der Waals surface area contributed by atoms with Gasteiger partial charge >= 0.3 is 0 Å². The fourth-order valence-corrected chi connectivity index (χ4v) is 3.57. The number of nitrogens with zero attached hydrogens (tertiary/aromatic N) is 2. The first-order chi connectivity index (χ1) is 14.0. The molecular weight excluding hydrogens is 373 g/mol. The molecule has 1 fully saturated rings. The second-order valence-electron chi connectivity index (χ2n) is 7.21. The molecule has 6 nitrogen and oxygen atoms in total. The lowest BCUT2D eigenvalue weighted by molar-refractivity contribution is -0.121. The molecule has 7 heteroatoms. The van der Waals surface area contributed by atoms with Crippen LogP contribution in [-0.2, 0) is 11.2 Å². The van der Waals surface area contributed by atoms with E-state index in [4.69, 9.17) is 4.42 Å². The van der Waals surface area contributed by atoms with E-state index in [9.17, 15) is 14.0 Å². The van der Waals surface area contributed by atoms with Gasteiger partial charge in [0.2, 0.25) is 5.91 Å². The van der Waals surface area contributed by atoms with E-state index in [0.717, 1.165) is 5.52 Å². The molecule has 1 saturated heterocycles. The van der Waals surface area contributed by atoms with E-state index >= 15 is 0 Å². The van der Waals surface area contributed by atoms with Crippen molar-refractivity contribution >= 4 is 28.6 Å². The van der Waals surface area contributed by atoms with Crippen LogP contribution < -0.4 is 5.32 Å². The van der Waals surface area contributed by atoms with E-state index in [1.165, 1.54) is 24.3 Å². The van der Waals surface area contributed by atoms with Crippen molar-refractivity contribution in [2.24, 2.45) is 5.92 Å². The van der Waals surface area contributed by atoms with Crippen LogP contribution in [0.5, 0.6) is 0 Å². The summed E-state index contributed by atoms with van der Waals surface area (Å²) in [5.41, 5.74) is 2.57. The topological polar surface area (TPSA) is 75.4 Å². The first kappa shape index (κ1) is 19.1. The molecule has 0 atom stereocenters. The first-order valence-corrected chi connectivity index (χ1v) is 9.78. The number of carbonyl (C=O) groups is 2. The Balaban J connectivity index is 1.35. The Morgan fingerprint density at radius 3 is 2.59 bits per heavy atom. The molecule has 1 aliphatic rings. The number of aromatic nitrogens is 1. The van der Waals surface area contributed by atoms with Gasteiger partial charge in [-0.3, -0.25) is 9.59 Å². The monoisotopic (exact) mass is 395 g/mol. The Hall–Kier alpha value is -3.22. The van der Waals surface area contributed by atoms with Crippen molar-refractivity contribution in [2.75, 3.05) is 18.4 Å². The van der Waals surface area contributed by atoms with Crippen molar-refractivity contribution in [1.82, 2.24) is 9.88 Å². The summed E-state index contributed by atoms with van der Waals surface area (Å²) in [7, 11) is 0. The summed E-state index contributed by atoms with van der Waals surface area (Å²) in [6.07, 6.45) is 1.89. The van der Waals surface area contributed by atoms with Crippen molar-refractivity contribution in [2.45, 2.75) is 26.2 Å². The molecule has 0 unspecified atom stereocenters. The number of nitrogens with one attached hydrogen (secondary N) is 1. The second-order valence-corrected chi connectivity index (χ2v) is 7.21. The lowest BCUT2D eigenvalue weighted by Gasteiger charge is -2.31. The summed E-state index contributed by atoms with van der Waals surface area (Å²) in [6, 6.07) is 11.0. The highest BCUT2D eigenvalue weighted by Crippen LogP contribution is 2.24. The molecule has 0 bridgehead atoms. The summed E-state index contributed by atoms with van der Waals surface area (Å²) >= 11 is 0. The highest BCUT2D eigenvalue weighted by molar-refractivity contribution is 5.96. The Morgan fingerprint density at radius 2 is 1.90 bits per heavy atom. The summed E-state index contributed by atoms with van der Waals surface area (Å²) in [5.74, 6) is -0.0516. The number of aryl methyl sites for hydroxylation is 1. The van der Waals surface area contributed by atoms with Gasteiger partial charge in [-0.1, -0.05) is 6.92 Å². The van der Waals surface area contributed by atoms with Crippen molar-refractivity contribution < 1.29 is 18.4 Å². The lowest BCUT2D eigenvalue weighted by Crippen LogP contribution is -2.41. The SMILES string of the molecule is CCc1nc2cc(NC(=O)C3CCN(C(=O)c4ccc(F)cc4)CC3)ccc2o1. The summed E-state index contributed by atoms with van der Waals surface area (Å²) in [6.45, 7) is 2.97. The number of piperidine rings is 1. The molecule has 4 rings (SSSR count). The average Bonchev–Trinajstić information content (AvgIpc) is 3.16. The average molecular weight is 395 g/mol. The lowest BCUT2D eigenvalue weighted by atomic mass is 9.95. The van der Waals surface area contributed by atoms with Crippen LogP contribution in [0.1, 0.15) is 36.0 Å². The van der Waals surface area contributed by atoms with Crippen LogP contribution >= 0.6 is 0 Å². The quantitative estimate of drug-likeness (QED) is 0.724. The van der Waals surface area contributed by atoms with E-state index in [1.54, 1.807) is 17.0 Å². The third-order valence-corrected chi connectivity index (χ3v) is 5.25. The van der Waals surface area contributed by atoms with E-state index in [1.807, 2.05) is 13.0 Å². The number of hydrogen-bond acceptors (Lipinski definition) is 4. The molecule has 0 saturated carbocycles. The number of hydrogen-bond donors (Lipinski definition) is 1. The number of anilines is 1. The molecule has 0 aliphatic carbocycles. The molecule has 1 aliphatic heterocycles. The molecule has 3 aromatic rings. The minimum Gasteiger partial charge on any atom is -0.441 e. The Bertz CT molecular complexity index is 1040. The number of halogens is 1. The predicted octanol–water partition coefficient (Wildman–Crippen LogP) is 4.02. The zero-order valence-corrected chi connectivity index (χ0v) is 16.2. The third kappa shape index (κ3) is 4.13. The maximum Gasteiger partial charge on any atom is 0.253 e. The van der Waals surface area contributed by atoms with Crippen molar-refractivity contribution in [3.05, 3.63) is 59.7 Å². The van der Waals surface area contributed by atoms with E-state index in [-0.39, 0.29) is 23.5 Å². The van der Waals surface area contributed by atoms with Crippen LogP contribution in [0.3, 0.4) is 0 Å². The van der Waals surface area contributed by atoms with Gasteiger partial charge in [0.15, 0.2) is 11.5 Å². The van der Waals surface area contributed by atoms with E-state index in [0.29, 0.717) is 55.1 Å². The fraction of sp³-hybridized carbons (Fsp3) is 0.318. The zero-order valence-electron chi connectivity index (χ0n) is 16.2. The second kappa shape index (κ2) is 8.03. The maximum atomic E-state index is 13.0. The van der Waals surface area contributed by atoms with E-state index < -0.39 is 0 Å². The molecule has 2 aromatic carbocycles. The molecular formula is C22H22FN3O3. The maximum absolute atomic E-state index is 13.0. The Morgan fingerprint density at radius 1 is 1.17 bits per heavy atom. The standard InChI is InChI=1S/C22H22FN3O3/c1-2-20-25-18-13-17(7-8-19(18)29-20)24-21(27)14-9-11-26(12-10-14)22(28)15-3-5-16(23)6-4-15/h3-8,13-14H,2,9-12H2,1H3,(H,24,27). The van der Waals surface area contributed by atoms with Gasteiger partial charge in [-0.2, -0.15) is 0 Å². The van der Waals surface area contributed by atoms with Gasteiger partial charge in [0, 0.05) is 36.7 Å². The molecule has 1 aromatic heterocycles. The van der Waals surface area contributed by atoms with Crippen LogP contribution in [0.25, 0.3) is 11.1 Å². The summed E-state index contributed by atoms with van der Waals surface area (Å²) in [5, 5.41) is 2.95. The fourth-order valence-electron chi connectivity index (χ4n) is 3.57. The largest absolute Gasteiger partial charge is 0.441 e. The molecule has 0 spiro atoms. The molecule has 0 radical (unpaired) electrons. The smallest absolute Gasteiger partial charge is 0.253 e. The molecule has 29 heavy (non-hydrogen) atoms. The van der Waals surface area contributed by atoms with Gasteiger partial charge in [-0.05, 0) is 55.3 Å². The Labute approximate surface area is 167 Å². The van der Waals surface area contributed by atoms with Crippen LogP contribution in [0, 0.1) is 11.7 Å². The van der Waals surface area contributed by atoms with Crippen LogP contribution in [0.4, 0.5) is 10.1 Å². The van der Waals surface area contributed by atoms with Crippen LogP contribution in [-0.4, -0.2) is 34.8 Å². The zero-order chi connectivity index (χ0) is 20.4. The van der Waals surface area contributed by atoms with Crippen LogP contribution in [0.15, 0.2) is 46.9 Å². The minimum atomic E-state index is -0.369. The van der Waals surface area contributed by atoms with Gasteiger partial charge < -0.3 is 14.6 Å². The first-order valence-electron chi connectivity index (χ1n) is 9.78. The normalized spacial score (nSPS) is 14.9. The number of carbonyl (C=O) groups excluding carboxylic acids is 2. The Kier molecular flexibility index (Phi) is 5.29. The predicted molar refractivity (Wildman–Crippen MR) is 107 cm³/mol. The van der Waals surface area contributed by atoms with Crippen LogP contribution in [0.2, 0.25) is 0 Å². The van der Waals surface area contributed by atoms with Gasteiger partial charge in [-0.25, -0.2) is 9.37 Å². The number of fused-ring (bicyclic) bond motifs is 1. The molecule has 150 valence electrons. The molecule has 2 amide bonds. The van der Waals surface area contributed by atoms with Crippen molar-refractivity contribution in [3.63, 3.8) is 0 Å². The highest BCUT2D eigenvalue weighted by atomic mass is 19.1. The molecule has 2 heterocycles. The molecule has 1 N–H and O–H groups in total. The van der Waals surface area contributed by atoms with Gasteiger partial charge in [-0.15, -0.1) is 0 Å². The number of amides is 2. The number of oxazole rings is 1. The highest BCUT2D eigenvalue weighted by Gasteiger charge is 2.28. The summed E-state index contributed by atoms with van der Waals surface area (Å²) < 4.78 is 18.6. The minimum absolute atomic E-state index is 0.0579. The van der Waals surface area contributed by atoms with Crippen molar-refractivity contribution in [3.8, 4) is 0 Å². The number of rotatable bonds is 4. The van der Waals surface area contributed by atoms with Crippen molar-refractivity contribution in [1.29, 1.82) is 0 Å². The number of benzene rings is 2. The summed E-state index contributed by atoms with van der Waals surface area (Å²) in [4.78, 5) is 31.3. The van der Waals surface area contributed by atoms with E-state index in [2.05, 4.69) is 10.3 Å².